The van der Waals surface area contributed by atoms with E-state index < -0.39 is 11.7 Å². The molecule has 2 saturated heterocycles. The van der Waals surface area contributed by atoms with Crippen LogP contribution < -0.4 is 5.32 Å². The molecule has 1 spiro atoms. The average Bonchev–Trinajstić information content (AvgIpc) is 3.36. The zero-order valence-electron chi connectivity index (χ0n) is 16.8. The second-order valence-corrected chi connectivity index (χ2v) is 7.84. The fourth-order valence-corrected chi connectivity index (χ4v) is 3.97. The van der Waals surface area contributed by atoms with Crippen LogP contribution in [0.2, 0.25) is 0 Å². The van der Waals surface area contributed by atoms with Crippen molar-refractivity contribution in [1.29, 1.82) is 0 Å². The molecule has 2 aromatic heterocycles. The van der Waals surface area contributed by atoms with Crippen LogP contribution in [0.25, 0.3) is 0 Å². The summed E-state index contributed by atoms with van der Waals surface area (Å²) in [5.41, 5.74) is 1.45. The fourth-order valence-electron chi connectivity index (χ4n) is 3.97. The van der Waals surface area contributed by atoms with Crippen LogP contribution in [-0.2, 0) is 27.4 Å². The maximum absolute atomic E-state index is 12.5. The number of ether oxygens (including phenoxy) is 2. The van der Waals surface area contributed by atoms with Crippen molar-refractivity contribution in [3.05, 3.63) is 42.5 Å². The number of amides is 1. The van der Waals surface area contributed by atoms with E-state index in [2.05, 4.69) is 25.2 Å². The molecule has 29 heavy (non-hydrogen) atoms. The van der Waals surface area contributed by atoms with Crippen molar-refractivity contribution >= 4 is 5.91 Å². The Bertz CT molecular complexity index is 814. The summed E-state index contributed by atoms with van der Waals surface area (Å²) in [6.07, 6.45) is 9.98. The number of hydrogen-bond donors (Lipinski definition) is 1. The van der Waals surface area contributed by atoms with Gasteiger partial charge in [-0.2, -0.15) is 0 Å². The van der Waals surface area contributed by atoms with Gasteiger partial charge < -0.3 is 19.4 Å². The third-order valence-corrected chi connectivity index (χ3v) is 5.37. The topological polar surface area (TPSA) is 94.4 Å². The SMILES string of the molecule is Cc1cncc(CN2CCO[C@@]3(CO[C@@H](C(=O)NCCCn4ccnc4)C3)C2)n1. The van der Waals surface area contributed by atoms with E-state index in [1.165, 1.54) is 0 Å². The van der Waals surface area contributed by atoms with Gasteiger partial charge in [0.25, 0.3) is 0 Å². The Hall–Kier alpha value is -2.36. The van der Waals surface area contributed by atoms with Crippen molar-refractivity contribution in [2.24, 2.45) is 0 Å². The van der Waals surface area contributed by atoms with Crippen molar-refractivity contribution in [1.82, 2.24) is 29.7 Å². The van der Waals surface area contributed by atoms with E-state index in [4.69, 9.17) is 9.47 Å². The lowest BCUT2D eigenvalue weighted by Crippen LogP contribution is -2.52. The highest BCUT2D eigenvalue weighted by molar-refractivity contribution is 5.81. The molecule has 9 nitrogen and oxygen atoms in total. The Morgan fingerprint density at radius 2 is 2.31 bits per heavy atom. The maximum Gasteiger partial charge on any atom is 0.249 e. The summed E-state index contributed by atoms with van der Waals surface area (Å²) in [4.78, 5) is 27.6. The van der Waals surface area contributed by atoms with Crippen LogP contribution in [0.4, 0.5) is 0 Å². The summed E-state index contributed by atoms with van der Waals surface area (Å²) in [7, 11) is 0. The molecular formula is C20H28N6O3. The van der Waals surface area contributed by atoms with Crippen molar-refractivity contribution in [3.8, 4) is 0 Å². The Morgan fingerprint density at radius 1 is 1.38 bits per heavy atom. The van der Waals surface area contributed by atoms with Gasteiger partial charge in [0.15, 0.2) is 0 Å². The van der Waals surface area contributed by atoms with Crippen molar-refractivity contribution < 1.29 is 14.3 Å². The molecule has 2 aromatic rings. The van der Waals surface area contributed by atoms with E-state index in [-0.39, 0.29) is 5.91 Å². The Kier molecular flexibility index (Phi) is 6.17. The minimum Gasteiger partial charge on any atom is -0.370 e. The van der Waals surface area contributed by atoms with Crippen LogP contribution in [0.15, 0.2) is 31.1 Å². The summed E-state index contributed by atoms with van der Waals surface area (Å²) < 4.78 is 13.9. The lowest BCUT2D eigenvalue weighted by molar-refractivity contribution is -0.130. The molecule has 2 aliphatic heterocycles. The number of nitrogens with one attached hydrogen (secondary N) is 1. The molecule has 1 N–H and O–H groups in total. The van der Waals surface area contributed by atoms with Gasteiger partial charge in [-0.05, 0) is 13.3 Å². The third-order valence-electron chi connectivity index (χ3n) is 5.37. The number of aromatic nitrogens is 4. The molecule has 2 atom stereocenters. The Morgan fingerprint density at radius 3 is 3.14 bits per heavy atom. The van der Waals surface area contributed by atoms with Crippen molar-refractivity contribution in [2.45, 2.75) is 44.6 Å². The zero-order chi connectivity index (χ0) is 20.1. The van der Waals surface area contributed by atoms with E-state index in [1.807, 2.05) is 17.7 Å². The molecule has 0 unspecified atom stereocenters. The van der Waals surface area contributed by atoms with Gasteiger partial charge in [-0.3, -0.25) is 19.7 Å². The van der Waals surface area contributed by atoms with Crippen LogP contribution in [0.5, 0.6) is 0 Å². The largest absolute Gasteiger partial charge is 0.370 e. The first-order valence-electron chi connectivity index (χ1n) is 10.1. The monoisotopic (exact) mass is 400 g/mol. The molecule has 2 fully saturated rings. The van der Waals surface area contributed by atoms with Gasteiger partial charge in [-0.25, -0.2) is 4.98 Å². The molecule has 4 rings (SSSR count). The molecule has 9 heteroatoms. The van der Waals surface area contributed by atoms with Gasteiger partial charge in [-0.15, -0.1) is 0 Å². The summed E-state index contributed by atoms with van der Waals surface area (Å²) >= 11 is 0. The lowest BCUT2D eigenvalue weighted by atomic mass is 9.97. The van der Waals surface area contributed by atoms with E-state index >= 15 is 0 Å². The second-order valence-electron chi connectivity index (χ2n) is 7.84. The zero-order valence-corrected chi connectivity index (χ0v) is 16.8. The number of morpholine rings is 1. The molecule has 0 radical (unpaired) electrons. The summed E-state index contributed by atoms with van der Waals surface area (Å²) in [6.45, 7) is 6.75. The maximum atomic E-state index is 12.5. The van der Waals surface area contributed by atoms with Crippen LogP contribution in [0, 0.1) is 6.92 Å². The van der Waals surface area contributed by atoms with Gasteiger partial charge in [0, 0.05) is 63.9 Å². The molecule has 0 bridgehead atoms. The van der Waals surface area contributed by atoms with Crippen molar-refractivity contribution in [3.63, 3.8) is 0 Å². The van der Waals surface area contributed by atoms with Crippen LogP contribution in [0.3, 0.4) is 0 Å². The van der Waals surface area contributed by atoms with E-state index in [0.29, 0.717) is 26.2 Å². The standard InChI is InChI=1S/C20H28N6O3/c1-16-10-22-11-17(24-16)12-26-7-8-29-20(13-26)9-18(28-14-20)19(27)23-3-2-5-25-6-4-21-15-25/h4,6,10-11,15,18H,2-3,5,7-9,12-14H2,1H3,(H,23,27)/t18-,20-/m1/s1. The third kappa shape index (κ3) is 5.17. The normalized spacial score (nSPS) is 24.8. The quantitative estimate of drug-likeness (QED) is 0.678. The molecule has 0 aliphatic carbocycles. The number of nitrogens with zero attached hydrogens (tertiary/aromatic N) is 5. The number of carbonyl (C=O) groups excluding carboxylic acids is 1. The molecule has 156 valence electrons. The highest BCUT2D eigenvalue weighted by Crippen LogP contribution is 2.32. The highest BCUT2D eigenvalue weighted by Gasteiger charge is 2.46. The number of aryl methyl sites for hydroxylation is 2. The van der Waals surface area contributed by atoms with Gasteiger partial charge >= 0.3 is 0 Å². The number of imidazole rings is 1. The molecule has 0 saturated carbocycles. The predicted octanol–water partition coefficient (Wildman–Crippen LogP) is 0.548. The summed E-state index contributed by atoms with van der Waals surface area (Å²) in [5.74, 6) is -0.0576. The summed E-state index contributed by atoms with van der Waals surface area (Å²) in [5, 5.41) is 2.98. The van der Waals surface area contributed by atoms with Crippen LogP contribution in [0.1, 0.15) is 24.2 Å². The molecule has 2 aliphatic rings. The van der Waals surface area contributed by atoms with Crippen LogP contribution >= 0.6 is 0 Å². The molecular weight excluding hydrogens is 372 g/mol. The van der Waals surface area contributed by atoms with E-state index in [9.17, 15) is 4.79 Å². The summed E-state index contributed by atoms with van der Waals surface area (Å²) in [6, 6.07) is 0. The van der Waals surface area contributed by atoms with Crippen molar-refractivity contribution in [2.75, 3.05) is 32.8 Å². The van der Waals surface area contributed by atoms with Crippen LogP contribution in [-0.4, -0.2) is 74.9 Å². The minimum atomic E-state index is -0.457. The Balaban J connectivity index is 1.24. The average molecular weight is 400 g/mol. The van der Waals surface area contributed by atoms with Gasteiger partial charge in [0.1, 0.15) is 11.7 Å². The second kappa shape index (κ2) is 8.98. The lowest BCUT2D eigenvalue weighted by Gasteiger charge is -2.39. The van der Waals surface area contributed by atoms with Gasteiger partial charge in [0.2, 0.25) is 5.91 Å². The highest BCUT2D eigenvalue weighted by atomic mass is 16.6. The van der Waals surface area contributed by atoms with Gasteiger partial charge in [-0.1, -0.05) is 0 Å². The van der Waals surface area contributed by atoms with E-state index in [0.717, 1.165) is 44.0 Å². The first-order chi connectivity index (χ1) is 14.1. The Labute approximate surface area is 170 Å². The predicted molar refractivity (Wildman–Crippen MR) is 105 cm³/mol. The molecule has 1 amide bonds. The first kappa shape index (κ1) is 19.9. The number of carbonyl (C=O) groups is 1. The molecule has 0 aromatic carbocycles. The first-order valence-corrected chi connectivity index (χ1v) is 10.1. The van der Waals surface area contributed by atoms with Gasteiger partial charge in [0.05, 0.1) is 30.9 Å². The smallest absolute Gasteiger partial charge is 0.249 e. The molecule has 4 heterocycles. The van der Waals surface area contributed by atoms with E-state index in [1.54, 1.807) is 24.9 Å². The number of rotatable bonds is 7. The fraction of sp³-hybridized carbons (Fsp3) is 0.600. The minimum absolute atomic E-state index is 0.0576. The number of hydrogen-bond acceptors (Lipinski definition) is 7.